The number of nitrogens with one attached hydrogen (secondary N) is 1. The molecule has 0 aromatic carbocycles. The molecule has 1 heterocycles. The molecule has 0 saturated carbocycles. The minimum absolute atomic E-state index is 0.228. The summed E-state index contributed by atoms with van der Waals surface area (Å²) in [7, 11) is 0. The van der Waals surface area contributed by atoms with E-state index in [-0.39, 0.29) is 18.1 Å². The summed E-state index contributed by atoms with van der Waals surface area (Å²) < 4.78 is 0. The third kappa shape index (κ3) is 4.11. The van der Waals surface area contributed by atoms with E-state index in [1.807, 2.05) is 13.8 Å². The first-order valence-corrected chi connectivity index (χ1v) is 5.84. The molecule has 3 N–H and O–H groups in total. The molecule has 0 spiro atoms. The SMILES string of the molecule is CCC(C)CC(=O)C(=O)[C@@H](N)Cc1cnc[nH]1. The van der Waals surface area contributed by atoms with Gasteiger partial charge in [-0.3, -0.25) is 9.59 Å². The fourth-order valence-corrected chi connectivity index (χ4v) is 1.49. The summed E-state index contributed by atoms with van der Waals surface area (Å²) in [5, 5.41) is 0. The van der Waals surface area contributed by atoms with E-state index in [1.165, 1.54) is 6.33 Å². The van der Waals surface area contributed by atoms with E-state index < -0.39 is 11.8 Å². The lowest BCUT2D eigenvalue weighted by Crippen LogP contribution is -2.38. The van der Waals surface area contributed by atoms with E-state index in [0.29, 0.717) is 6.42 Å². The van der Waals surface area contributed by atoms with Crippen LogP contribution < -0.4 is 5.73 Å². The van der Waals surface area contributed by atoms with Crippen molar-refractivity contribution in [2.75, 3.05) is 0 Å². The third-order valence-electron chi connectivity index (χ3n) is 2.84. The van der Waals surface area contributed by atoms with Crippen LogP contribution in [0.25, 0.3) is 0 Å². The van der Waals surface area contributed by atoms with Crippen molar-refractivity contribution in [1.82, 2.24) is 9.97 Å². The Hall–Kier alpha value is -1.49. The highest BCUT2D eigenvalue weighted by Gasteiger charge is 2.23. The van der Waals surface area contributed by atoms with E-state index in [4.69, 9.17) is 5.73 Å². The van der Waals surface area contributed by atoms with Crippen LogP contribution >= 0.6 is 0 Å². The van der Waals surface area contributed by atoms with Crippen LogP contribution in [-0.2, 0) is 16.0 Å². The maximum absolute atomic E-state index is 11.7. The van der Waals surface area contributed by atoms with Crippen molar-refractivity contribution in [3.63, 3.8) is 0 Å². The molecule has 0 saturated heterocycles. The largest absolute Gasteiger partial charge is 0.348 e. The topological polar surface area (TPSA) is 88.8 Å². The number of aromatic nitrogens is 2. The van der Waals surface area contributed by atoms with Crippen molar-refractivity contribution < 1.29 is 9.59 Å². The second kappa shape index (κ2) is 6.30. The Labute approximate surface area is 101 Å². The van der Waals surface area contributed by atoms with Crippen LogP contribution in [0.4, 0.5) is 0 Å². The number of nitrogens with zero attached hydrogens (tertiary/aromatic N) is 1. The van der Waals surface area contributed by atoms with E-state index in [0.717, 1.165) is 12.1 Å². The standard InChI is InChI=1S/C12H19N3O2/c1-3-8(2)4-11(16)12(17)10(13)5-9-6-14-7-15-9/h6-8,10H,3-5,13H2,1-2H3,(H,14,15)/t8?,10-/m0/s1. The van der Waals surface area contributed by atoms with Gasteiger partial charge in [0.15, 0.2) is 5.78 Å². The molecule has 5 nitrogen and oxygen atoms in total. The number of hydrogen-bond donors (Lipinski definition) is 2. The molecule has 0 aliphatic rings. The first kappa shape index (κ1) is 13.6. The summed E-state index contributed by atoms with van der Waals surface area (Å²) >= 11 is 0. The molecule has 1 unspecified atom stereocenters. The Kier molecular flexibility index (Phi) is 5.03. The van der Waals surface area contributed by atoms with Crippen LogP contribution in [-0.4, -0.2) is 27.6 Å². The number of Topliss-reactive ketones (excluding diaryl/α,β-unsaturated/α-hetero) is 2. The fraction of sp³-hybridized carbons (Fsp3) is 0.583. The Morgan fingerprint density at radius 1 is 1.53 bits per heavy atom. The van der Waals surface area contributed by atoms with Gasteiger partial charge in [-0.25, -0.2) is 4.98 Å². The summed E-state index contributed by atoms with van der Waals surface area (Å²) in [5.74, 6) is -0.628. The summed E-state index contributed by atoms with van der Waals surface area (Å²) in [6, 6.07) is -0.771. The van der Waals surface area contributed by atoms with E-state index >= 15 is 0 Å². The molecule has 0 bridgehead atoms. The van der Waals surface area contributed by atoms with Gasteiger partial charge in [-0.2, -0.15) is 0 Å². The number of carbonyl (C=O) groups excluding carboxylic acids is 2. The second-order valence-electron chi connectivity index (χ2n) is 4.39. The van der Waals surface area contributed by atoms with Crippen LogP contribution in [0.1, 0.15) is 32.4 Å². The number of H-pyrrole nitrogens is 1. The van der Waals surface area contributed by atoms with E-state index in [9.17, 15) is 9.59 Å². The molecule has 0 radical (unpaired) electrons. The Balaban J connectivity index is 2.48. The highest BCUT2D eigenvalue weighted by Crippen LogP contribution is 2.08. The number of hydrogen-bond acceptors (Lipinski definition) is 4. The number of ketones is 2. The van der Waals surface area contributed by atoms with Crippen molar-refractivity contribution in [2.45, 2.75) is 39.2 Å². The van der Waals surface area contributed by atoms with Gasteiger partial charge in [0.1, 0.15) is 0 Å². The molecule has 1 aromatic heterocycles. The first-order valence-electron chi connectivity index (χ1n) is 5.84. The zero-order valence-corrected chi connectivity index (χ0v) is 10.3. The number of rotatable bonds is 7. The quantitative estimate of drug-likeness (QED) is 0.688. The lowest BCUT2D eigenvalue weighted by molar-refractivity contribution is -0.137. The first-order chi connectivity index (χ1) is 8.04. The second-order valence-corrected chi connectivity index (χ2v) is 4.39. The zero-order valence-electron chi connectivity index (χ0n) is 10.3. The van der Waals surface area contributed by atoms with Crippen molar-refractivity contribution in [1.29, 1.82) is 0 Å². The zero-order chi connectivity index (χ0) is 12.8. The predicted molar refractivity (Wildman–Crippen MR) is 64.4 cm³/mol. The van der Waals surface area contributed by atoms with Gasteiger partial charge in [0.2, 0.25) is 5.78 Å². The minimum Gasteiger partial charge on any atom is -0.348 e. The van der Waals surface area contributed by atoms with E-state index in [2.05, 4.69) is 9.97 Å². The molecular formula is C12H19N3O2. The maximum Gasteiger partial charge on any atom is 0.215 e. The van der Waals surface area contributed by atoms with Crippen LogP contribution in [0.5, 0.6) is 0 Å². The molecule has 94 valence electrons. The average Bonchev–Trinajstić information content (AvgIpc) is 2.80. The molecule has 0 fully saturated rings. The summed E-state index contributed by atoms with van der Waals surface area (Å²) in [6.07, 6.45) is 4.62. The van der Waals surface area contributed by atoms with Gasteiger partial charge < -0.3 is 10.7 Å². The van der Waals surface area contributed by atoms with Gasteiger partial charge in [0, 0.05) is 24.7 Å². The van der Waals surface area contributed by atoms with Crippen LogP contribution in [0.15, 0.2) is 12.5 Å². The van der Waals surface area contributed by atoms with Gasteiger partial charge in [0.05, 0.1) is 12.4 Å². The Morgan fingerprint density at radius 3 is 2.76 bits per heavy atom. The summed E-state index contributed by atoms with van der Waals surface area (Å²) in [6.45, 7) is 3.94. The highest BCUT2D eigenvalue weighted by molar-refractivity contribution is 6.39. The summed E-state index contributed by atoms with van der Waals surface area (Å²) in [4.78, 5) is 30.0. The summed E-state index contributed by atoms with van der Waals surface area (Å²) in [5.41, 5.74) is 6.47. The highest BCUT2D eigenvalue weighted by atomic mass is 16.2. The molecule has 17 heavy (non-hydrogen) atoms. The van der Waals surface area contributed by atoms with Gasteiger partial charge in [-0.1, -0.05) is 20.3 Å². The molecule has 2 atom stereocenters. The predicted octanol–water partition coefficient (Wildman–Crippen LogP) is 0.854. The molecule has 0 aliphatic carbocycles. The molecule has 5 heteroatoms. The van der Waals surface area contributed by atoms with Gasteiger partial charge >= 0.3 is 0 Å². The fourth-order valence-electron chi connectivity index (χ4n) is 1.49. The number of aromatic amines is 1. The van der Waals surface area contributed by atoms with Gasteiger partial charge in [-0.05, 0) is 5.92 Å². The number of nitrogens with two attached hydrogens (primary N) is 1. The molecule has 0 aliphatic heterocycles. The minimum atomic E-state index is -0.771. The number of imidazole rings is 1. The van der Waals surface area contributed by atoms with E-state index in [1.54, 1.807) is 6.20 Å². The monoisotopic (exact) mass is 237 g/mol. The molecule has 1 rings (SSSR count). The van der Waals surface area contributed by atoms with Crippen LogP contribution in [0, 0.1) is 5.92 Å². The van der Waals surface area contributed by atoms with Crippen molar-refractivity contribution in [3.05, 3.63) is 18.2 Å². The lowest BCUT2D eigenvalue weighted by Gasteiger charge is -2.10. The smallest absolute Gasteiger partial charge is 0.215 e. The average molecular weight is 237 g/mol. The Bertz CT molecular complexity index is 373. The van der Waals surface area contributed by atoms with Crippen molar-refractivity contribution in [2.24, 2.45) is 11.7 Å². The van der Waals surface area contributed by atoms with Crippen molar-refractivity contribution in [3.8, 4) is 0 Å². The van der Waals surface area contributed by atoms with Crippen molar-refractivity contribution >= 4 is 11.6 Å². The third-order valence-corrected chi connectivity index (χ3v) is 2.84. The molecular weight excluding hydrogens is 218 g/mol. The van der Waals surface area contributed by atoms with Crippen LogP contribution in [0.3, 0.4) is 0 Å². The van der Waals surface area contributed by atoms with Gasteiger partial charge in [-0.15, -0.1) is 0 Å². The molecule has 1 aromatic rings. The van der Waals surface area contributed by atoms with Crippen LogP contribution in [0.2, 0.25) is 0 Å². The molecule has 0 amide bonds. The Morgan fingerprint density at radius 2 is 2.24 bits per heavy atom. The maximum atomic E-state index is 11.7. The van der Waals surface area contributed by atoms with Gasteiger partial charge in [0.25, 0.3) is 0 Å². The number of carbonyl (C=O) groups is 2. The normalized spacial score (nSPS) is 14.3. The lowest BCUT2D eigenvalue weighted by atomic mass is 9.96.